The van der Waals surface area contributed by atoms with Crippen molar-refractivity contribution in [1.82, 2.24) is 20.1 Å². The number of amides is 2. The largest absolute Gasteiger partial charge is 0.368 e. The molecule has 1 atom stereocenters. The first-order chi connectivity index (χ1) is 12.1. The van der Waals surface area contributed by atoms with Crippen LogP contribution in [0.4, 0.5) is 10.5 Å². The van der Waals surface area contributed by atoms with Gasteiger partial charge in [-0.1, -0.05) is 13.8 Å². The van der Waals surface area contributed by atoms with Crippen LogP contribution < -0.4 is 10.2 Å². The van der Waals surface area contributed by atoms with E-state index in [0.29, 0.717) is 0 Å². The maximum atomic E-state index is 12.4. The Morgan fingerprint density at radius 3 is 2.44 bits per heavy atom. The molecule has 1 fully saturated rings. The highest BCUT2D eigenvalue weighted by atomic mass is 16.2. The van der Waals surface area contributed by atoms with E-state index in [2.05, 4.69) is 40.9 Å². The maximum absolute atomic E-state index is 12.4. The molecule has 2 heterocycles. The molecule has 140 valence electrons. The van der Waals surface area contributed by atoms with E-state index in [1.807, 2.05) is 29.4 Å². The monoisotopic (exact) mass is 347 g/mol. The van der Waals surface area contributed by atoms with Gasteiger partial charge in [0.15, 0.2) is 0 Å². The van der Waals surface area contributed by atoms with Gasteiger partial charge in [-0.3, -0.25) is 4.98 Å². The summed E-state index contributed by atoms with van der Waals surface area (Å²) in [4.78, 5) is 23.2. The first-order valence-corrected chi connectivity index (χ1v) is 9.56. The Labute approximate surface area is 152 Å². The van der Waals surface area contributed by atoms with Crippen LogP contribution in [0, 0.1) is 0 Å². The summed E-state index contributed by atoms with van der Waals surface area (Å²) in [6.45, 7) is 13.1. The van der Waals surface area contributed by atoms with E-state index in [9.17, 15) is 4.79 Å². The number of piperazine rings is 1. The molecule has 2 amide bonds. The molecular formula is C19H33N5O. The minimum absolute atomic E-state index is 0.0738. The van der Waals surface area contributed by atoms with Crippen LogP contribution in [-0.4, -0.2) is 72.7 Å². The Morgan fingerprint density at radius 1 is 1.20 bits per heavy atom. The van der Waals surface area contributed by atoms with E-state index in [1.54, 1.807) is 0 Å². The summed E-state index contributed by atoms with van der Waals surface area (Å²) in [5.41, 5.74) is 1.18. The van der Waals surface area contributed by atoms with E-state index in [0.717, 1.165) is 58.7 Å². The van der Waals surface area contributed by atoms with Crippen LogP contribution in [0.1, 0.15) is 33.6 Å². The first kappa shape index (κ1) is 19.5. The van der Waals surface area contributed by atoms with Gasteiger partial charge in [-0.2, -0.15) is 0 Å². The zero-order valence-corrected chi connectivity index (χ0v) is 15.9. The van der Waals surface area contributed by atoms with Gasteiger partial charge in [0.1, 0.15) is 0 Å². The molecule has 1 aromatic heterocycles. The van der Waals surface area contributed by atoms with Crippen LogP contribution in [0.2, 0.25) is 0 Å². The second-order valence-corrected chi connectivity index (χ2v) is 6.70. The average molecular weight is 348 g/mol. The summed E-state index contributed by atoms with van der Waals surface area (Å²) < 4.78 is 0. The van der Waals surface area contributed by atoms with Crippen LogP contribution in [0.3, 0.4) is 0 Å². The van der Waals surface area contributed by atoms with Crippen molar-refractivity contribution in [2.24, 2.45) is 0 Å². The molecule has 25 heavy (non-hydrogen) atoms. The molecule has 6 nitrogen and oxygen atoms in total. The second kappa shape index (κ2) is 10.2. The Balaban J connectivity index is 1.68. The van der Waals surface area contributed by atoms with Crippen molar-refractivity contribution >= 4 is 11.7 Å². The second-order valence-electron chi connectivity index (χ2n) is 6.70. The predicted octanol–water partition coefficient (Wildman–Crippen LogP) is 2.42. The number of carbonyl (C=O) groups is 1. The number of carbonyl (C=O) groups excluding carboxylic acids is 1. The molecule has 2 rings (SSSR count). The number of aromatic nitrogens is 1. The number of nitrogens with zero attached hydrogens (tertiary/aromatic N) is 4. The predicted molar refractivity (Wildman–Crippen MR) is 103 cm³/mol. The SMILES string of the molecule is CCN(CC)CCC[C@H](C)NC(=O)N1CCN(c2ccncc2)CC1. The molecule has 1 saturated heterocycles. The van der Waals surface area contributed by atoms with Crippen LogP contribution in [-0.2, 0) is 0 Å². The standard InChI is InChI=1S/C19H33N5O/c1-4-22(5-2)12-6-7-17(3)21-19(25)24-15-13-23(14-16-24)18-8-10-20-11-9-18/h8-11,17H,4-7,12-16H2,1-3H3,(H,21,25)/t17-/m0/s1. The van der Waals surface area contributed by atoms with Gasteiger partial charge < -0.3 is 20.0 Å². The third-order valence-corrected chi connectivity index (χ3v) is 4.97. The molecule has 0 unspecified atom stereocenters. The topological polar surface area (TPSA) is 51.7 Å². The third-order valence-electron chi connectivity index (χ3n) is 4.97. The van der Waals surface area contributed by atoms with Crippen molar-refractivity contribution in [2.75, 3.05) is 50.7 Å². The van der Waals surface area contributed by atoms with Gasteiger partial charge in [0.05, 0.1) is 0 Å². The fraction of sp³-hybridized carbons (Fsp3) is 0.684. The summed E-state index contributed by atoms with van der Waals surface area (Å²) in [6.07, 6.45) is 5.78. The van der Waals surface area contributed by atoms with Crippen LogP contribution in [0.15, 0.2) is 24.5 Å². The van der Waals surface area contributed by atoms with Gasteiger partial charge in [0.2, 0.25) is 0 Å². The van der Waals surface area contributed by atoms with Crippen molar-refractivity contribution in [3.8, 4) is 0 Å². The minimum Gasteiger partial charge on any atom is -0.368 e. The Bertz CT molecular complexity index is 498. The van der Waals surface area contributed by atoms with Crippen LogP contribution in [0.25, 0.3) is 0 Å². The number of urea groups is 1. The molecule has 0 aromatic carbocycles. The Morgan fingerprint density at radius 2 is 1.84 bits per heavy atom. The lowest BCUT2D eigenvalue weighted by Crippen LogP contribution is -2.53. The molecule has 0 radical (unpaired) electrons. The fourth-order valence-corrected chi connectivity index (χ4v) is 3.26. The highest BCUT2D eigenvalue weighted by molar-refractivity contribution is 5.74. The summed E-state index contributed by atoms with van der Waals surface area (Å²) in [6, 6.07) is 4.34. The zero-order chi connectivity index (χ0) is 18.1. The van der Waals surface area contributed by atoms with Gasteiger partial charge in [-0.25, -0.2) is 4.79 Å². The quantitative estimate of drug-likeness (QED) is 0.785. The van der Waals surface area contributed by atoms with Crippen molar-refractivity contribution in [3.05, 3.63) is 24.5 Å². The third kappa shape index (κ3) is 6.20. The molecule has 6 heteroatoms. The number of anilines is 1. The molecule has 1 aromatic rings. The molecule has 1 N–H and O–H groups in total. The van der Waals surface area contributed by atoms with Crippen molar-refractivity contribution in [1.29, 1.82) is 0 Å². The average Bonchev–Trinajstić information content (AvgIpc) is 2.66. The molecule has 0 spiro atoms. The first-order valence-electron chi connectivity index (χ1n) is 9.56. The number of nitrogens with one attached hydrogen (secondary N) is 1. The van der Waals surface area contributed by atoms with Crippen molar-refractivity contribution in [2.45, 2.75) is 39.7 Å². The normalized spacial score (nSPS) is 16.2. The van der Waals surface area contributed by atoms with Gasteiger partial charge in [0.25, 0.3) is 0 Å². The molecule has 1 aliphatic rings. The summed E-state index contributed by atoms with van der Waals surface area (Å²) >= 11 is 0. The van der Waals surface area contributed by atoms with Gasteiger partial charge in [-0.15, -0.1) is 0 Å². The zero-order valence-electron chi connectivity index (χ0n) is 15.9. The van der Waals surface area contributed by atoms with Crippen molar-refractivity contribution in [3.63, 3.8) is 0 Å². The highest BCUT2D eigenvalue weighted by Crippen LogP contribution is 2.14. The minimum atomic E-state index is 0.0738. The van der Waals surface area contributed by atoms with E-state index in [4.69, 9.17) is 0 Å². The lowest BCUT2D eigenvalue weighted by Gasteiger charge is -2.36. The number of hydrogen-bond donors (Lipinski definition) is 1. The maximum Gasteiger partial charge on any atom is 0.317 e. The number of pyridine rings is 1. The van der Waals surface area contributed by atoms with Gasteiger partial charge in [-0.05, 0) is 51.5 Å². The smallest absolute Gasteiger partial charge is 0.317 e. The van der Waals surface area contributed by atoms with Crippen LogP contribution in [0.5, 0.6) is 0 Å². The fourth-order valence-electron chi connectivity index (χ4n) is 3.26. The number of rotatable bonds is 8. The lowest BCUT2D eigenvalue weighted by molar-refractivity contribution is 0.189. The lowest BCUT2D eigenvalue weighted by atomic mass is 10.2. The van der Waals surface area contributed by atoms with Gasteiger partial charge >= 0.3 is 6.03 Å². The van der Waals surface area contributed by atoms with Crippen LogP contribution >= 0.6 is 0 Å². The Hall–Kier alpha value is -1.82. The van der Waals surface area contributed by atoms with E-state index in [1.165, 1.54) is 5.69 Å². The Kier molecular flexibility index (Phi) is 7.98. The molecule has 0 aliphatic carbocycles. The summed E-state index contributed by atoms with van der Waals surface area (Å²) in [5, 5.41) is 3.15. The molecule has 0 saturated carbocycles. The number of hydrogen-bond acceptors (Lipinski definition) is 4. The summed E-state index contributed by atoms with van der Waals surface area (Å²) in [5.74, 6) is 0. The van der Waals surface area contributed by atoms with Crippen molar-refractivity contribution < 1.29 is 4.79 Å². The molecule has 1 aliphatic heterocycles. The highest BCUT2D eigenvalue weighted by Gasteiger charge is 2.22. The van der Waals surface area contributed by atoms with E-state index in [-0.39, 0.29) is 12.1 Å². The van der Waals surface area contributed by atoms with E-state index < -0.39 is 0 Å². The van der Waals surface area contributed by atoms with Gasteiger partial charge in [0, 0.05) is 50.3 Å². The molecular weight excluding hydrogens is 314 g/mol. The molecule has 0 bridgehead atoms. The summed E-state index contributed by atoms with van der Waals surface area (Å²) in [7, 11) is 0. The van der Waals surface area contributed by atoms with E-state index >= 15 is 0 Å².